The minimum Gasteiger partial charge on any atom is -0.480 e. The molecule has 1 aliphatic rings. The van der Waals surface area contributed by atoms with E-state index in [4.69, 9.17) is 5.11 Å². The Balaban J connectivity index is 2.36. The quantitative estimate of drug-likeness (QED) is 0.779. The summed E-state index contributed by atoms with van der Waals surface area (Å²) in [7, 11) is -3.72. The van der Waals surface area contributed by atoms with Crippen LogP contribution in [0.5, 0.6) is 0 Å². The number of thioether (sulfide) groups is 1. The van der Waals surface area contributed by atoms with E-state index in [1.807, 2.05) is 0 Å². The lowest BCUT2D eigenvalue weighted by Gasteiger charge is -2.19. The van der Waals surface area contributed by atoms with Gasteiger partial charge in [0.15, 0.2) is 0 Å². The predicted octanol–water partition coefficient (Wildman–Crippen LogP) is 1.44. The van der Waals surface area contributed by atoms with Gasteiger partial charge in [-0.3, -0.25) is 4.79 Å². The van der Waals surface area contributed by atoms with Crippen LogP contribution in [-0.2, 0) is 14.8 Å². The van der Waals surface area contributed by atoms with E-state index >= 15 is 0 Å². The molecule has 0 saturated carbocycles. The average Bonchev–Trinajstić information content (AvgIpc) is 2.79. The van der Waals surface area contributed by atoms with E-state index in [0.717, 1.165) is 7.88 Å². The molecule has 0 radical (unpaired) electrons. The fourth-order valence-electron chi connectivity index (χ4n) is 1.60. The highest BCUT2D eigenvalue weighted by molar-refractivity contribution is 14.1. The molecule has 1 atom stereocenters. The van der Waals surface area contributed by atoms with Gasteiger partial charge in [-0.1, -0.05) is 0 Å². The molecule has 1 unspecified atom stereocenters. The number of hydrogen-bond donors (Lipinski definition) is 1. The van der Waals surface area contributed by atoms with Crippen molar-refractivity contribution in [2.24, 2.45) is 0 Å². The molecular formula is C10H10INO4S2. The Morgan fingerprint density at radius 2 is 2.00 bits per heavy atom. The van der Waals surface area contributed by atoms with Gasteiger partial charge in [-0.05, 0) is 46.9 Å². The van der Waals surface area contributed by atoms with Crippen molar-refractivity contribution in [3.63, 3.8) is 0 Å². The summed E-state index contributed by atoms with van der Waals surface area (Å²) in [6.07, 6.45) is 0. The van der Waals surface area contributed by atoms with Crippen LogP contribution < -0.4 is 0 Å². The molecule has 1 fully saturated rings. The summed E-state index contributed by atoms with van der Waals surface area (Å²) in [5.41, 5.74) is 0. The Bertz CT molecular complexity index is 558. The molecule has 5 nitrogen and oxygen atoms in total. The summed E-state index contributed by atoms with van der Waals surface area (Å²) < 4.78 is 26.6. The minimum absolute atomic E-state index is 0.136. The molecule has 1 aromatic carbocycles. The van der Waals surface area contributed by atoms with Crippen molar-refractivity contribution < 1.29 is 18.3 Å². The number of halogens is 1. The van der Waals surface area contributed by atoms with E-state index in [2.05, 4.69) is 22.6 Å². The van der Waals surface area contributed by atoms with E-state index in [1.165, 1.54) is 23.9 Å². The molecule has 1 N–H and O–H groups in total. The number of hydrogen-bond acceptors (Lipinski definition) is 4. The summed E-state index contributed by atoms with van der Waals surface area (Å²) in [5.74, 6) is -0.626. The maximum Gasteiger partial charge on any atom is 0.322 e. The normalized spacial score (nSPS) is 21.1. The standard InChI is InChI=1S/C10H10INO4S2/c11-7-1-3-8(4-2-7)18(15,16)12-6-17-5-9(12)10(13)14/h1-4,9H,5-6H2,(H,13,14). The van der Waals surface area contributed by atoms with Crippen molar-refractivity contribution in [3.8, 4) is 0 Å². The first-order chi connectivity index (χ1) is 8.43. The molecule has 1 heterocycles. The maximum atomic E-state index is 12.3. The van der Waals surface area contributed by atoms with E-state index in [9.17, 15) is 13.2 Å². The fraction of sp³-hybridized carbons (Fsp3) is 0.300. The van der Waals surface area contributed by atoms with Crippen molar-refractivity contribution in [3.05, 3.63) is 27.8 Å². The smallest absolute Gasteiger partial charge is 0.322 e. The highest BCUT2D eigenvalue weighted by Gasteiger charge is 2.39. The number of nitrogens with zero attached hydrogens (tertiary/aromatic N) is 1. The Kier molecular flexibility index (Phi) is 4.19. The number of carbonyl (C=O) groups is 1. The summed E-state index contributed by atoms with van der Waals surface area (Å²) in [6.45, 7) is 0. The summed E-state index contributed by atoms with van der Waals surface area (Å²) in [6, 6.07) is 5.40. The van der Waals surface area contributed by atoms with Crippen molar-refractivity contribution in [2.45, 2.75) is 10.9 Å². The average molecular weight is 399 g/mol. The molecule has 1 aliphatic heterocycles. The number of carboxylic acids is 1. The van der Waals surface area contributed by atoms with Gasteiger partial charge in [-0.15, -0.1) is 11.8 Å². The van der Waals surface area contributed by atoms with Crippen LogP contribution in [0.15, 0.2) is 29.2 Å². The molecule has 0 bridgehead atoms. The van der Waals surface area contributed by atoms with Gasteiger partial charge in [0.1, 0.15) is 6.04 Å². The monoisotopic (exact) mass is 399 g/mol. The molecule has 1 aromatic rings. The molecule has 0 amide bonds. The highest BCUT2D eigenvalue weighted by Crippen LogP contribution is 2.28. The lowest BCUT2D eigenvalue weighted by Crippen LogP contribution is -2.41. The Morgan fingerprint density at radius 3 is 2.56 bits per heavy atom. The first-order valence-corrected chi connectivity index (χ1v) is 8.68. The maximum absolute atomic E-state index is 12.3. The topological polar surface area (TPSA) is 74.7 Å². The van der Waals surface area contributed by atoms with Crippen LogP contribution in [0.2, 0.25) is 0 Å². The number of benzene rings is 1. The zero-order chi connectivity index (χ0) is 13.3. The third kappa shape index (κ3) is 2.65. The van der Waals surface area contributed by atoms with Gasteiger partial charge in [-0.25, -0.2) is 8.42 Å². The highest BCUT2D eigenvalue weighted by atomic mass is 127. The molecule has 0 spiro atoms. The van der Waals surface area contributed by atoms with E-state index in [-0.39, 0.29) is 10.8 Å². The fourth-order valence-corrected chi connectivity index (χ4v) is 5.09. The van der Waals surface area contributed by atoms with Crippen LogP contribution in [0.1, 0.15) is 0 Å². The molecule has 0 aromatic heterocycles. The van der Waals surface area contributed by atoms with Crippen molar-refractivity contribution in [2.75, 3.05) is 11.6 Å². The van der Waals surface area contributed by atoms with Crippen LogP contribution in [0.25, 0.3) is 0 Å². The minimum atomic E-state index is -3.72. The van der Waals surface area contributed by atoms with Crippen molar-refractivity contribution in [1.29, 1.82) is 0 Å². The molecular weight excluding hydrogens is 389 g/mol. The summed E-state index contributed by atoms with van der Waals surface area (Å²) in [4.78, 5) is 11.2. The first-order valence-electron chi connectivity index (χ1n) is 5.01. The second-order valence-electron chi connectivity index (χ2n) is 3.70. The molecule has 1 saturated heterocycles. The van der Waals surface area contributed by atoms with Crippen molar-refractivity contribution >= 4 is 50.3 Å². The van der Waals surface area contributed by atoms with Gasteiger partial charge in [0.25, 0.3) is 0 Å². The lowest BCUT2D eigenvalue weighted by molar-refractivity contribution is -0.140. The molecule has 18 heavy (non-hydrogen) atoms. The lowest BCUT2D eigenvalue weighted by atomic mass is 10.4. The molecule has 98 valence electrons. The number of sulfonamides is 1. The van der Waals surface area contributed by atoms with Crippen molar-refractivity contribution in [1.82, 2.24) is 4.31 Å². The van der Waals surface area contributed by atoms with Crippen LogP contribution in [0, 0.1) is 3.57 Å². The van der Waals surface area contributed by atoms with Gasteiger partial charge in [-0.2, -0.15) is 4.31 Å². The Hall–Kier alpha value is -0.320. The van der Waals surface area contributed by atoms with Gasteiger partial charge >= 0.3 is 5.97 Å². The second kappa shape index (κ2) is 5.35. The van der Waals surface area contributed by atoms with Crippen LogP contribution in [0.4, 0.5) is 0 Å². The molecule has 8 heteroatoms. The van der Waals surface area contributed by atoms with Gasteiger partial charge in [0.05, 0.1) is 10.8 Å². The zero-order valence-electron chi connectivity index (χ0n) is 9.11. The third-order valence-electron chi connectivity index (χ3n) is 2.55. The number of aliphatic carboxylic acids is 1. The summed E-state index contributed by atoms with van der Waals surface area (Å²) >= 11 is 3.39. The van der Waals surface area contributed by atoms with Gasteiger partial charge < -0.3 is 5.11 Å². The Labute approximate surface area is 123 Å². The van der Waals surface area contributed by atoms with E-state index in [0.29, 0.717) is 5.75 Å². The zero-order valence-corrected chi connectivity index (χ0v) is 12.9. The predicted molar refractivity (Wildman–Crippen MR) is 76.9 cm³/mol. The van der Waals surface area contributed by atoms with E-state index in [1.54, 1.807) is 12.1 Å². The van der Waals surface area contributed by atoms with Crippen LogP contribution in [-0.4, -0.2) is 41.5 Å². The Morgan fingerprint density at radius 1 is 1.39 bits per heavy atom. The van der Waals surface area contributed by atoms with E-state index < -0.39 is 22.0 Å². The van der Waals surface area contributed by atoms with Gasteiger partial charge in [0, 0.05) is 9.32 Å². The SMILES string of the molecule is O=C(O)C1CSCN1S(=O)(=O)c1ccc(I)cc1. The molecule has 2 rings (SSSR count). The second-order valence-corrected chi connectivity index (χ2v) is 7.84. The number of rotatable bonds is 3. The number of carboxylic acid groups (broad SMARTS) is 1. The van der Waals surface area contributed by atoms with Gasteiger partial charge in [0.2, 0.25) is 10.0 Å². The largest absolute Gasteiger partial charge is 0.480 e. The van der Waals surface area contributed by atoms with Crippen LogP contribution >= 0.6 is 34.4 Å². The third-order valence-corrected chi connectivity index (χ3v) is 6.31. The van der Waals surface area contributed by atoms with Crippen LogP contribution in [0.3, 0.4) is 0 Å². The first kappa shape index (κ1) is 14.1. The molecule has 0 aliphatic carbocycles. The summed E-state index contributed by atoms with van der Waals surface area (Å²) in [5, 5.41) is 9.02.